The first-order chi connectivity index (χ1) is 42.6. The van der Waals surface area contributed by atoms with E-state index in [1.807, 2.05) is 84.1 Å². The molecule has 0 fully saturated rings. The number of aryl methyl sites for hydroxylation is 6. The van der Waals surface area contributed by atoms with Crippen LogP contribution < -0.4 is 25.6 Å². The number of hydrogen-bond donors (Lipinski definition) is 6. The molecule has 0 saturated carbocycles. The third-order valence-corrected chi connectivity index (χ3v) is 17.5. The molecule has 0 radical (unpaired) electrons. The summed E-state index contributed by atoms with van der Waals surface area (Å²) in [6.45, 7) is 17.2. The number of aromatic nitrogens is 4. The number of halogens is 9. The van der Waals surface area contributed by atoms with Gasteiger partial charge in [0.15, 0.2) is 52.4 Å². The molecule has 7 rings (SSSR count). The largest absolute Gasteiger partial charge is 0.506 e. The number of hydrogen-bond acceptors (Lipinski definition) is 12. The molecule has 0 saturated heterocycles. The van der Waals surface area contributed by atoms with E-state index in [0.29, 0.717) is 64.2 Å². The number of sulfone groups is 1. The van der Waals surface area contributed by atoms with Gasteiger partial charge in [0, 0.05) is 17.5 Å². The van der Waals surface area contributed by atoms with Crippen molar-refractivity contribution >= 4 is 90.8 Å². The number of phenols is 2. The fraction of sp³-hybridized carbons (Fsp3) is 0.406. The van der Waals surface area contributed by atoms with Crippen molar-refractivity contribution in [1.82, 2.24) is 19.8 Å². The second-order valence-corrected chi connectivity index (χ2v) is 25.4. The average Bonchev–Trinajstić information content (AvgIpc) is 1.28. The normalized spacial score (nSPS) is 11.8. The first kappa shape index (κ1) is 73.8. The fourth-order valence-electron chi connectivity index (χ4n) is 9.14. The van der Waals surface area contributed by atoms with Gasteiger partial charge in [0.25, 0.3) is 11.8 Å². The van der Waals surface area contributed by atoms with Crippen molar-refractivity contribution in [3.8, 4) is 23.0 Å². The van der Waals surface area contributed by atoms with Crippen LogP contribution in [0.2, 0.25) is 20.1 Å². The molecule has 490 valence electrons. The van der Waals surface area contributed by atoms with Gasteiger partial charge in [0.1, 0.15) is 43.9 Å². The average molecular weight is 1360 g/mol. The van der Waals surface area contributed by atoms with E-state index in [1.165, 1.54) is 57.3 Å². The van der Waals surface area contributed by atoms with Crippen LogP contribution in [-0.4, -0.2) is 67.9 Å². The summed E-state index contributed by atoms with van der Waals surface area (Å²) in [7, 11) is -2.99. The number of nitrogens with zero attached hydrogens (tertiary/aromatic N) is 3. The molecule has 0 aliphatic heterocycles. The minimum Gasteiger partial charge on any atom is -0.506 e. The van der Waals surface area contributed by atoms with Crippen LogP contribution >= 0.6 is 46.4 Å². The van der Waals surface area contributed by atoms with Crippen LogP contribution in [0, 0.1) is 63.7 Å². The van der Waals surface area contributed by atoms with E-state index in [4.69, 9.17) is 60.7 Å². The number of phenolic OH excluding ortho intramolecular Hbond substituents is 2. The van der Waals surface area contributed by atoms with Gasteiger partial charge in [-0.2, -0.15) is 0 Å². The molecule has 7 aromatic rings. The number of fused-ring (bicyclic) bond motifs is 1. The van der Waals surface area contributed by atoms with Crippen LogP contribution in [0.4, 0.5) is 39.0 Å². The Balaban J connectivity index is 0.000000250. The predicted molar refractivity (Wildman–Crippen MR) is 345 cm³/mol. The molecule has 5 aromatic carbocycles. The van der Waals surface area contributed by atoms with Gasteiger partial charge >= 0.3 is 0 Å². The summed E-state index contributed by atoms with van der Waals surface area (Å²) in [5.74, 6) is -11.8. The van der Waals surface area contributed by atoms with Gasteiger partial charge in [-0.25, -0.2) is 40.4 Å². The number of ether oxygens (including phenoxy) is 2. The molecular formula is C64H76Cl4F5N7O9S. The number of aromatic hydroxyl groups is 2. The minimum atomic E-state index is -2.99. The van der Waals surface area contributed by atoms with E-state index in [9.17, 15) is 50.2 Å². The monoisotopic (exact) mass is 1350 g/mol. The summed E-state index contributed by atoms with van der Waals surface area (Å²) < 4.78 is 105. The van der Waals surface area contributed by atoms with Crippen LogP contribution in [-0.2, 0) is 32.3 Å². The molecule has 0 aliphatic carbocycles. The van der Waals surface area contributed by atoms with Gasteiger partial charge in [0.2, 0.25) is 5.82 Å². The third kappa shape index (κ3) is 20.8. The van der Waals surface area contributed by atoms with E-state index in [1.54, 1.807) is 17.5 Å². The number of aromatic amines is 1. The molecule has 6 N–H and O–H groups in total. The number of anilines is 3. The molecule has 0 aliphatic rings. The highest BCUT2D eigenvalue weighted by atomic mass is 35.5. The van der Waals surface area contributed by atoms with Gasteiger partial charge < -0.3 is 35.2 Å². The number of amides is 2. The summed E-state index contributed by atoms with van der Waals surface area (Å²) in [5.41, 5.74) is 6.58. The van der Waals surface area contributed by atoms with E-state index in [0.717, 1.165) is 65.2 Å². The Labute approximate surface area is 541 Å². The Morgan fingerprint density at radius 3 is 1.81 bits per heavy atom. The number of nitrogens with one attached hydrogen (secondary N) is 4. The molecule has 1 atom stereocenters. The maximum absolute atomic E-state index is 13.9. The molecule has 90 heavy (non-hydrogen) atoms. The van der Waals surface area contributed by atoms with Crippen LogP contribution in [0.3, 0.4) is 0 Å². The molecule has 1 unspecified atom stereocenters. The van der Waals surface area contributed by atoms with Crippen LogP contribution in [0.15, 0.2) is 66.6 Å². The Morgan fingerprint density at radius 2 is 1.23 bits per heavy atom. The van der Waals surface area contributed by atoms with Gasteiger partial charge in [-0.05, 0) is 108 Å². The summed E-state index contributed by atoms with van der Waals surface area (Å²) in [4.78, 5) is 30.1. The number of allylic oxidation sites excluding steroid dienone is 1. The number of rotatable bonds is 28. The number of benzene rings is 5. The molecule has 16 nitrogen and oxygen atoms in total. The molecule has 2 amide bonds. The summed E-state index contributed by atoms with van der Waals surface area (Å²) in [6, 6.07) is 14.8. The summed E-state index contributed by atoms with van der Waals surface area (Å²) >= 11 is 24.6. The lowest BCUT2D eigenvalue weighted by molar-refractivity contribution is -0.122. The highest BCUT2D eigenvalue weighted by Crippen LogP contribution is 2.40. The van der Waals surface area contributed by atoms with Crippen LogP contribution in [0.25, 0.3) is 5.65 Å². The van der Waals surface area contributed by atoms with Gasteiger partial charge in [-0.1, -0.05) is 160 Å². The molecule has 0 bridgehead atoms. The van der Waals surface area contributed by atoms with E-state index in [-0.39, 0.29) is 44.6 Å². The van der Waals surface area contributed by atoms with Crippen molar-refractivity contribution < 1.29 is 64.5 Å². The Hall–Kier alpha value is -6.98. The molecule has 0 spiro atoms. The van der Waals surface area contributed by atoms with Crippen molar-refractivity contribution in [2.75, 3.05) is 27.6 Å². The Morgan fingerprint density at radius 1 is 0.678 bits per heavy atom. The van der Waals surface area contributed by atoms with Crippen molar-refractivity contribution in [3.63, 3.8) is 0 Å². The quantitative estimate of drug-likeness (QED) is 0.00513. The van der Waals surface area contributed by atoms with Crippen molar-refractivity contribution in [3.05, 3.63) is 161 Å². The SMILES string of the molecule is C/C(=C\Oc1ccc(C)cc1C)ONc1cc(O)c(NC(=O)c2c(F)c(F)c(F)c(F)c2F)cc1Cl.CCCCCCCCCCCCS(=O)(=O)CCCc1nnc2c(Cl)c(C)[nH]n12.CCc1c(Cl)cc(NC(=O)C(CC)Oc2ccc(C)cc2C)c(O)c1Cl. The van der Waals surface area contributed by atoms with Crippen molar-refractivity contribution in [2.45, 2.75) is 158 Å². The lowest BCUT2D eigenvalue weighted by atomic mass is 10.1. The molecule has 2 heterocycles. The summed E-state index contributed by atoms with van der Waals surface area (Å²) in [5, 5.41) is 37.2. The first-order valence-electron chi connectivity index (χ1n) is 29.3. The van der Waals surface area contributed by atoms with E-state index >= 15 is 0 Å². The van der Waals surface area contributed by atoms with E-state index in [2.05, 4.69) is 33.0 Å². The lowest BCUT2D eigenvalue weighted by Crippen LogP contribution is -2.32. The second kappa shape index (κ2) is 35.0. The van der Waals surface area contributed by atoms with E-state index < -0.39 is 67.9 Å². The second-order valence-electron chi connectivity index (χ2n) is 21.5. The zero-order chi connectivity index (χ0) is 66.6. The molecular weight excluding hydrogens is 1280 g/mol. The topological polar surface area (TPSA) is 218 Å². The number of unbranched alkanes of at least 4 members (excludes halogenated alkanes) is 9. The molecule has 26 heteroatoms. The third-order valence-electron chi connectivity index (χ3n) is 14.1. The lowest BCUT2D eigenvalue weighted by Gasteiger charge is -2.20. The zero-order valence-corrected chi connectivity index (χ0v) is 55.4. The number of H-pyrrole nitrogens is 1. The number of carbonyl (C=O) groups is 2. The Kier molecular flexibility index (Phi) is 28.7. The first-order valence-corrected chi connectivity index (χ1v) is 32.7. The highest BCUT2D eigenvalue weighted by Gasteiger charge is 2.31. The summed E-state index contributed by atoms with van der Waals surface area (Å²) in [6.07, 6.45) is 14.9. The van der Waals surface area contributed by atoms with Crippen molar-refractivity contribution in [2.24, 2.45) is 0 Å². The smallest absolute Gasteiger partial charge is 0.265 e. The van der Waals surface area contributed by atoms with Crippen molar-refractivity contribution in [1.29, 1.82) is 0 Å². The number of carbonyl (C=O) groups excluding carboxylic acids is 2. The fourth-order valence-corrected chi connectivity index (χ4v) is 11.7. The van der Waals surface area contributed by atoms with Gasteiger partial charge in [-0.15, -0.1) is 10.2 Å². The maximum Gasteiger partial charge on any atom is 0.265 e. The maximum atomic E-state index is 13.9. The minimum absolute atomic E-state index is 0.0164. The predicted octanol–water partition coefficient (Wildman–Crippen LogP) is 17.9. The van der Waals surface area contributed by atoms with Gasteiger partial charge in [-0.3, -0.25) is 14.7 Å². The van der Waals surface area contributed by atoms with Gasteiger partial charge in [0.05, 0.1) is 44.3 Å². The standard InChI is InChI=1S/C24H18ClF5N2O4.C20H23Cl2NO3.C20H35ClN4O2S/c1-10-4-5-17(11(2)6-10)35-9-12(3)36-32-14-8-16(33)15(7-13(14)25)31-24(34)18-19(26)21(28)23(30)22(29)20(18)27;1-5-13-14(21)10-15(19(24)18(13)22)23-20(25)16(6-2)26-17-8-7-11(3)9-12(17)4;1-3-4-5-6-7-8-9-10-11-12-15-28(26,27)16-13-14-18-22-23-20-19(21)17(2)24-25(18)20/h4-9,32-33H,1-3H3,(H,31,34);7-10,16,24H,5-6H2,1-4H3,(H,23,25);24H,3-16H2,1-2H3/b12-9+;;. The van der Waals surface area contributed by atoms with Crippen LogP contribution in [0.5, 0.6) is 23.0 Å². The zero-order valence-electron chi connectivity index (χ0n) is 51.6. The van der Waals surface area contributed by atoms with Crippen LogP contribution in [0.1, 0.15) is 154 Å². The Bertz CT molecular complexity index is 3750. The highest BCUT2D eigenvalue weighted by molar-refractivity contribution is 7.91. The molecule has 2 aromatic heterocycles.